The molecule has 9 heteroatoms. The zero-order chi connectivity index (χ0) is 27.3. The minimum Gasteiger partial charge on any atom is -0.508 e. The van der Waals surface area contributed by atoms with Crippen molar-refractivity contribution in [2.24, 2.45) is 0 Å². The van der Waals surface area contributed by atoms with Gasteiger partial charge < -0.3 is 28.6 Å². The molecule has 0 atom stereocenters. The quantitative estimate of drug-likeness (QED) is 0.366. The number of Topliss-reactive ketones (excluding diaryl/α,β-unsaturated/α-hetero) is 1. The highest BCUT2D eigenvalue weighted by Crippen LogP contribution is 2.42. The van der Waals surface area contributed by atoms with Gasteiger partial charge in [-0.05, 0) is 57.3 Å². The number of aryl methyl sites for hydroxylation is 2. The molecule has 0 spiro atoms. The number of phenolic OH excluding ortho intramolecular Hbond substituents is 1. The lowest BCUT2D eigenvalue weighted by molar-refractivity contribution is 0.101. The SMILES string of the molecule is COc1ccc2c(c1)c(C=C1Oc3cc(O)ccc3C1=O)c(-c1c(C)noc1C)n2CCN1CCN(C)CC1. The number of methoxy groups -OCH3 is 1. The molecule has 0 bridgehead atoms. The Labute approximate surface area is 226 Å². The molecule has 9 nitrogen and oxygen atoms in total. The molecule has 0 radical (unpaired) electrons. The van der Waals surface area contributed by atoms with E-state index in [0.29, 0.717) is 17.1 Å². The van der Waals surface area contributed by atoms with Crippen molar-refractivity contribution in [3.8, 4) is 28.5 Å². The largest absolute Gasteiger partial charge is 0.508 e. The fourth-order valence-electron chi connectivity index (χ4n) is 5.58. The number of benzene rings is 2. The van der Waals surface area contributed by atoms with Gasteiger partial charge in [-0.25, -0.2) is 0 Å². The van der Waals surface area contributed by atoms with Gasteiger partial charge in [-0.1, -0.05) is 5.16 Å². The molecule has 2 aliphatic rings. The van der Waals surface area contributed by atoms with Crippen LogP contribution in [0.15, 0.2) is 46.7 Å². The van der Waals surface area contributed by atoms with Crippen LogP contribution in [0.3, 0.4) is 0 Å². The number of phenols is 1. The summed E-state index contributed by atoms with van der Waals surface area (Å²) in [7, 11) is 3.80. The number of aromatic nitrogens is 2. The van der Waals surface area contributed by atoms with Crippen LogP contribution in [0.5, 0.6) is 17.2 Å². The predicted molar refractivity (Wildman–Crippen MR) is 148 cm³/mol. The lowest BCUT2D eigenvalue weighted by Gasteiger charge is -2.32. The molecule has 2 aromatic carbocycles. The number of allylic oxidation sites excluding steroid dienone is 1. The Morgan fingerprint density at radius 3 is 2.59 bits per heavy atom. The van der Waals surface area contributed by atoms with Crippen molar-refractivity contribution in [2.75, 3.05) is 46.9 Å². The number of rotatable bonds is 6. The summed E-state index contributed by atoms with van der Waals surface area (Å²) in [5, 5.41) is 15.1. The number of carbonyl (C=O) groups is 1. The Morgan fingerprint density at radius 2 is 1.87 bits per heavy atom. The average molecular weight is 529 g/mol. The van der Waals surface area contributed by atoms with E-state index in [1.54, 1.807) is 19.3 Å². The van der Waals surface area contributed by atoms with E-state index in [1.807, 2.05) is 26.0 Å². The number of piperazine rings is 1. The van der Waals surface area contributed by atoms with E-state index >= 15 is 0 Å². The third-order valence-corrected chi connectivity index (χ3v) is 7.74. The zero-order valence-electron chi connectivity index (χ0n) is 22.7. The smallest absolute Gasteiger partial charge is 0.231 e. The molecule has 0 saturated carbocycles. The van der Waals surface area contributed by atoms with E-state index in [9.17, 15) is 9.90 Å². The van der Waals surface area contributed by atoms with Crippen LogP contribution >= 0.6 is 0 Å². The number of ether oxygens (including phenoxy) is 2. The van der Waals surface area contributed by atoms with E-state index in [1.165, 1.54) is 12.1 Å². The molecule has 6 rings (SSSR count). The summed E-state index contributed by atoms with van der Waals surface area (Å²) in [5.74, 6) is 1.79. The minimum absolute atomic E-state index is 0.0458. The van der Waals surface area contributed by atoms with Gasteiger partial charge in [-0.3, -0.25) is 9.69 Å². The molecule has 1 N–H and O–H groups in total. The van der Waals surface area contributed by atoms with Crippen LogP contribution < -0.4 is 9.47 Å². The predicted octanol–water partition coefficient (Wildman–Crippen LogP) is 4.49. The summed E-state index contributed by atoms with van der Waals surface area (Å²) < 4.78 is 19.5. The van der Waals surface area contributed by atoms with E-state index in [4.69, 9.17) is 14.0 Å². The molecule has 39 heavy (non-hydrogen) atoms. The molecule has 1 fully saturated rings. The van der Waals surface area contributed by atoms with Crippen molar-refractivity contribution >= 4 is 22.8 Å². The van der Waals surface area contributed by atoms with Gasteiger partial charge in [0.25, 0.3) is 0 Å². The first-order chi connectivity index (χ1) is 18.8. The van der Waals surface area contributed by atoms with Crippen LogP contribution in [0.2, 0.25) is 0 Å². The van der Waals surface area contributed by atoms with Gasteiger partial charge in [0.2, 0.25) is 5.78 Å². The van der Waals surface area contributed by atoms with Gasteiger partial charge in [0.05, 0.1) is 29.6 Å². The van der Waals surface area contributed by atoms with Gasteiger partial charge in [-0.15, -0.1) is 0 Å². The topological polar surface area (TPSA) is 93.2 Å². The zero-order valence-corrected chi connectivity index (χ0v) is 22.7. The first kappa shape index (κ1) is 25.2. The van der Waals surface area contributed by atoms with Gasteiger partial charge in [0.15, 0.2) is 5.76 Å². The number of hydrogen-bond donors (Lipinski definition) is 1. The fraction of sp³-hybridized carbons (Fsp3) is 0.333. The Balaban J connectivity index is 1.53. The molecule has 2 aromatic heterocycles. The van der Waals surface area contributed by atoms with E-state index in [-0.39, 0.29) is 17.3 Å². The van der Waals surface area contributed by atoms with E-state index in [2.05, 4.69) is 32.6 Å². The molecule has 1 saturated heterocycles. The highest BCUT2D eigenvalue weighted by Gasteiger charge is 2.30. The molecule has 202 valence electrons. The van der Waals surface area contributed by atoms with Gasteiger partial charge >= 0.3 is 0 Å². The van der Waals surface area contributed by atoms with Crippen molar-refractivity contribution in [1.82, 2.24) is 19.5 Å². The third-order valence-electron chi connectivity index (χ3n) is 7.74. The molecular formula is C30H32N4O5. The van der Waals surface area contributed by atoms with Crippen LogP contribution in [-0.2, 0) is 6.54 Å². The Hall–Kier alpha value is -4.08. The second kappa shape index (κ2) is 9.91. The molecule has 0 unspecified atom stereocenters. The Kier molecular flexibility index (Phi) is 6.40. The van der Waals surface area contributed by atoms with Crippen molar-refractivity contribution < 1.29 is 23.9 Å². The molecule has 4 aromatic rings. The fourth-order valence-corrected chi connectivity index (χ4v) is 5.58. The van der Waals surface area contributed by atoms with Crippen molar-refractivity contribution in [3.63, 3.8) is 0 Å². The number of carbonyl (C=O) groups excluding carboxylic acids is 1. The van der Waals surface area contributed by atoms with E-state index in [0.717, 1.165) is 78.4 Å². The second-order valence-electron chi connectivity index (χ2n) is 10.3. The van der Waals surface area contributed by atoms with Crippen molar-refractivity contribution in [2.45, 2.75) is 20.4 Å². The summed E-state index contributed by atoms with van der Waals surface area (Å²) in [4.78, 5) is 18.2. The first-order valence-electron chi connectivity index (χ1n) is 13.2. The molecule has 2 aliphatic heterocycles. The summed E-state index contributed by atoms with van der Waals surface area (Å²) in [6.45, 7) is 9.62. The molecule has 0 amide bonds. The maximum absolute atomic E-state index is 13.3. The van der Waals surface area contributed by atoms with Crippen LogP contribution in [0, 0.1) is 13.8 Å². The number of aromatic hydroxyl groups is 1. The second-order valence-corrected chi connectivity index (χ2v) is 10.3. The first-order valence-corrected chi connectivity index (χ1v) is 13.2. The lowest BCUT2D eigenvalue weighted by atomic mass is 10.0. The number of likely N-dealkylation sites (N-methyl/N-ethyl adjacent to an activating group) is 1. The number of ketones is 1. The summed E-state index contributed by atoms with van der Waals surface area (Å²) in [5.41, 5.74) is 4.87. The number of nitrogens with zero attached hydrogens (tertiary/aromatic N) is 4. The minimum atomic E-state index is -0.226. The maximum atomic E-state index is 13.3. The molecule has 0 aliphatic carbocycles. The number of hydrogen-bond acceptors (Lipinski definition) is 8. The van der Waals surface area contributed by atoms with Gasteiger partial charge in [0.1, 0.15) is 23.0 Å². The van der Waals surface area contributed by atoms with Crippen LogP contribution in [-0.4, -0.2) is 77.3 Å². The normalized spacial score (nSPS) is 17.2. The van der Waals surface area contributed by atoms with E-state index < -0.39 is 0 Å². The van der Waals surface area contributed by atoms with Crippen molar-refractivity contribution in [1.29, 1.82) is 0 Å². The third kappa shape index (κ3) is 4.47. The van der Waals surface area contributed by atoms with Gasteiger partial charge in [0, 0.05) is 61.8 Å². The highest BCUT2D eigenvalue weighted by atomic mass is 16.5. The Bertz CT molecular complexity index is 1590. The standard InChI is InChI=1S/C30H32N4O5/c1-18-28(19(2)39-31-18)29-24(17-27-30(36)22-7-5-20(35)15-26(22)38-27)23-16-21(37-4)6-8-25(23)34(29)14-13-33-11-9-32(3)10-12-33/h5-8,15-17,35H,9-14H2,1-4H3. The molecule has 4 heterocycles. The Morgan fingerprint density at radius 1 is 1.08 bits per heavy atom. The van der Waals surface area contributed by atoms with Gasteiger partial charge in [-0.2, -0.15) is 0 Å². The maximum Gasteiger partial charge on any atom is 0.231 e. The van der Waals surface area contributed by atoms with Crippen LogP contribution in [0.25, 0.3) is 28.2 Å². The summed E-state index contributed by atoms with van der Waals surface area (Å²) in [6.07, 6.45) is 1.80. The number of fused-ring (bicyclic) bond motifs is 2. The lowest BCUT2D eigenvalue weighted by Crippen LogP contribution is -2.45. The van der Waals surface area contributed by atoms with Crippen molar-refractivity contribution in [3.05, 3.63) is 64.7 Å². The summed E-state index contributed by atoms with van der Waals surface area (Å²) >= 11 is 0. The highest BCUT2D eigenvalue weighted by molar-refractivity contribution is 6.16. The monoisotopic (exact) mass is 528 g/mol. The van der Waals surface area contributed by atoms with Crippen LogP contribution in [0.1, 0.15) is 27.4 Å². The molecular weight excluding hydrogens is 496 g/mol. The summed E-state index contributed by atoms with van der Waals surface area (Å²) in [6, 6.07) is 10.6. The average Bonchev–Trinajstić information content (AvgIpc) is 3.53. The van der Waals surface area contributed by atoms with Crippen LogP contribution in [0.4, 0.5) is 0 Å².